The van der Waals surface area contributed by atoms with Gasteiger partial charge in [0.2, 0.25) is 0 Å². The highest BCUT2D eigenvalue weighted by Gasteiger charge is 2.13. The Bertz CT molecular complexity index is 732. The van der Waals surface area contributed by atoms with Crippen molar-refractivity contribution in [3.8, 4) is 0 Å². The molecule has 0 aliphatic rings. The van der Waals surface area contributed by atoms with Crippen molar-refractivity contribution in [3.05, 3.63) is 47.2 Å². The minimum atomic E-state index is 0.204. The first kappa shape index (κ1) is 12.5. The van der Waals surface area contributed by atoms with Gasteiger partial charge in [-0.15, -0.1) is 0 Å². The van der Waals surface area contributed by atoms with Crippen LogP contribution >= 0.6 is 11.6 Å². The molecule has 19 heavy (non-hydrogen) atoms. The van der Waals surface area contributed by atoms with Crippen LogP contribution in [0.15, 0.2) is 40.8 Å². The molecule has 0 spiro atoms. The largest absolute Gasteiger partial charge is 0.459 e. The lowest BCUT2D eigenvalue weighted by Gasteiger charge is -2.07. The lowest BCUT2D eigenvalue weighted by Crippen LogP contribution is -2.16. The molecule has 1 N–H and O–H groups in total. The van der Waals surface area contributed by atoms with Gasteiger partial charge in [0.15, 0.2) is 0 Å². The summed E-state index contributed by atoms with van der Waals surface area (Å²) < 4.78 is 6.03. The van der Waals surface area contributed by atoms with Crippen LogP contribution in [0.25, 0.3) is 21.7 Å². The Labute approximate surface area is 117 Å². The number of halogens is 1. The predicted molar refractivity (Wildman–Crippen MR) is 80.8 cm³/mol. The van der Waals surface area contributed by atoms with E-state index < -0.39 is 0 Å². The molecule has 1 atom stereocenters. The van der Waals surface area contributed by atoms with Crippen molar-refractivity contribution < 1.29 is 4.42 Å². The molecule has 2 aromatic carbocycles. The fourth-order valence-electron chi connectivity index (χ4n) is 2.47. The summed E-state index contributed by atoms with van der Waals surface area (Å²) >= 11 is 6.33. The predicted octanol–water partition coefficient (Wildman–Crippen LogP) is 4.91. The van der Waals surface area contributed by atoms with Crippen molar-refractivity contribution in [2.24, 2.45) is 0 Å². The smallest absolute Gasteiger partial charge is 0.142 e. The first-order chi connectivity index (χ1) is 9.20. The molecule has 0 bridgehead atoms. The molecule has 1 heterocycles. The maximum atomic E-state index is 6.33. The number of benzene rings is 2. The monoisotopic (exact) mass is 273 g/mol. The summed E-state index contributed by atoms with van der Waals surface area (Å²) in [5, 5.41) is 7.29. The van der Waals surface area contributed by atoms with E-state index in [1.54, 1.807) is 0 Å². The minimum Gasteiger partial charge on any atom is -0.459 e. The minimum absolute atomic E-state index is 0.204. The van der Waals surface area contributed by atoms with E-state index in [2.05, 4.69) is 31.3 Å². The van der Waals surface area contributed by atoms with Gasteiger partial charge in [-0.1, -0.05) is 42.8 Å². The van der Waals surface area contributed by atoms with Crippen LogP contribution in [0.3, 0.4) is 0 Å². The number of fused-ring (bicyclic) bond motifs is 3. The summed E-state index contributed by atoms with van der Waals surface area (Å²) in [6.45, 7) is 5.11. The number of hydrogen-bond donors (Lipinski definition) is 1. The zero-order valence-electron chi connectivity index (χ0n) is 11.0. The standard InChI is InChI=1S/C16H16ClNO/c1-3-18-10(2)15-9-11-8-14(17)12-6-4-5-7-13(12)16(11)19-15/h4-10,18H,3H2,1-2H3. The van der Waals surface area contributed by atoms with E-state index in [1.165, 1.54) is 0 Å². The van der Waals surface area contributed by atoms with Crippen LogP contribution < -0.4 is 5.32 Å². The SMILES string of the molecule is CCNC(C)c1cc2cc(Cl)c3ccccc3c2o1. The van der Waals surface area contributed by atoms with Gasteiger partial charge in [0.1, 0.15) is 11.3 Å². The maximum absolute atomic E-state index is 6.33. The Kier molecular flexibility index (Phi) is 3.21. The van der Waals surface area contributed by atoms with Crippen LogP contribution in [-0.2, 0) is 0 Å². The molecule has 1 aromatic heterocycles. The van der Waals surface area contributed by atoms with E-state index in [9.17, 15) is 0 Å². The number of hydrogen-bond acceptors (Lipinski definition) is 2. The summed E-state index contributed by atoms with van der Waals surface area (Å²) in [4.78, 5) is 0. The molecular formula is C16H16ClNO. The number of nitrogens with one attached hydrogen (secondary N) is 1. The molecule has 0 fully saturated rings. The van der Waals surface area contributed by atoms with Crippen molar-refractivity contribution in [2.45, 2.75) is 19.9 Å². The van der Waals surface area contributed by atoms with Crippen LogP contribution in [0.2, 0.25) is 5.02 Å². The van der Waals surface area contributed by atoms with Crippen LogP contribution in [-0.4, -0.2) is 6.54 Å². The third-order valence-corrected chi connectivity index (χ3v) is 3.74. The number of rotatable bonds is 3. The summed E-state index contributed by atoms with van der Waals surface area (Å²) in [5.74, 6) is 0.948. The molecule has 3 aromatic rings. The lowest BCUT2D eigenvalue weighted by atomic mass is 10.1. The number of furan rings is 1. The zero-order valence-corrected chi connectivity index (χ0v) is 11.8. The van der Waals surface area contributed by atoms with Gasteiger partial charge in [0.05, 0.1) is 6.04 Å². The summed E-state index contributed by atoms with van der Waals surface area (Å²) in [6.07, 6.45) is 0. The molecule has 2 nitrogen and oxygen atoms in total. The Balaban J connectivity index is 2.25. The summed E-state index contributed by atoms with van der Waals surface area (Å²) in [7, 11) is 0. The molecule has 0 saturated carbocycles. The van der Waals surface area contributed by atoms with Gasteiger partial charge >= 0.3 is 0 Å². The third-order valence-electron chi connectivity index (χ3n) is 3.43. The summed E-state index contributed by atoms with van der Waals surface area (Å²) in [5.41, 5.74) is 0.916. The molecule has 3 rings (SSSR count). The Hall–Kier alpha value is -1.51. The van der Waals surface area contributed by atoms with Crippen molar-refractivity contribution in [1.29, 1.82) is 0 Å². The van der Waals surface area contributed by atoms with E-state index in [1.807, 2.05) is 24.3 Å². The van der Waals surface area contributed by atoms with Gasteiger partial charge in [-0.3, -0.25) is 0 Å². The Morgan fingerprint density at radius 1 is 1.21 bits per heavy atom. The first-order valence-electron chi connectivity index (χ1n) is 6.54. The van der Waals surface area contributed by atoms with Crippen molar-refractivity contribution in [1.82, 2.24) is 5.32 Å². The molecule has 0 radical (unpaired) electrons. The third kappa shape index (κ3) is 2.11. The molecule has 98 valence electrons. The van der Waals surface area contributed by atoms with Gasteiger partial charge < -0.3 is 9.73 Å². The van der Waals surface area contributed by atoms with Gasteiger partial charge in [-0.05, 0) is 25.6 Å². The average molecular weight is 274 g/mol. The molecule has 0 aliphatic carbocycles. The maximum Gasteiger partial charge on any atom is 0.142 e. The van der Waals surface area contributed by atoms with Crippen molar-refractivity contribution in [2.75, 3.05) is 6.54 Å². The van der Waals surface area contributed by atoms with Crippen molar-refractivity contribution >= 4 is 33.3 Å². The zero-order chi connectivity index (χ0) is 13.4. The molecule has 0 saturated heterocycles. The topological polar surface area (TPSA) is 25.2 Å². The second-order valence-corrected chi connectivity index (χ2v) is 5.16. The quantitative estimate of drug-likeness (QED) is 0.733. The van der Waals surface area contributed by atoms with E-state index in [0.717, 1.165) is 39.1 Å². The van der Waals surface area contributed by atoms with E-state index in [4.69, 9.17) is 16.0 Å². The molecule has 1 unspecified atom stereocenters. The van der Waals surface area contributed by atoms with Gasteiger partial charge in [-0.25, -0.2) is 0 Å². The normalized spacial score (nSPS) is 13.2. The van der Waals surface area contributed by atoms with Crippen LogP contribution in [0, 0.1) is 0 Å². The summed E-state index contributed by atoms with van der Waals surface area (Å²) in [6, 6.07) is 12.3. The van der Waals surface area contributed by atoms with Crippen LogP contribution in [0.1, 0.15) is 25.6 Å². The molecule has 0 aliphatic heterocycles. The van der Waals surface area contributed by atoms with E-state index in [0.29, 0.717) is 0 Å². The van der Waals surface area contributed by atoms with E-state index in [-0.39, 0.29) is 6.04 Å². The highest BCUT2D eigenvalue weighted by Crippen LogP contribution is 2.34. The second kappa shape index (κ2) is 4.87. The highest BCUT2D eigenvalue weighted by atomic mass is 35.5. The Morgan fingerprint density at radius 2 is 1.95 bits per heavy atom. The molecule has 0 amide bonds. The van der Waals surface area contributed by atoms with Gasteiger partial charge in [0, 0.05) is 21.2 Å². The fourth-order valence-corrected chi connectivity index (χ4v) is 2.75. The van der Waals surface area contributed by atoms with Gasteiger partial charge in [-0.2, -0.15) is 0 Å². The molecule has 3 heteroatoms. The average Bonchev–Trinajstić information content (AvgIpc) is 2.83. The molecular weight excluding hydrogens is 258 g/mol. The van der Waals surface area contributed by atoms with Crippen LogP contribution in [0.4, 0.5) is 0 Å². The van der Waals surface area contributed by atoms with Gasteiger partial charge in [0.25, 0.3) is 0 Å². The lowest BCUT2D eigenvalue weighted by molar-refractivity contribution is 0.461. The van der Waals surface area contributed by atoms with Crippen molar-refractivity contribution in [3.63, 3.8) is 0 Å². The van der Waals surface area contributed by atoms with E-state index >= 15 is 0 Å². The Morgan fingerprint density at radius 3 is 2.68 bits per heavy atom. The highest BCUT2D eigenvalue weighted by molar-refractivity contribution is 6.37. The fraction of sp³-hybridized carbons (Fsp3) is 0.250. The first-order valence-corrected chi connectivity index (χ1v) is 6.92. The van der Waals surface area contributed by atoms with Crippen LogP contribution in [0.5, 0.6) is 0 Å². The second-order valence-electron chi connectivity index (χ2n) is 4.75.